The van der Waals surface area contributed by atoms with Crippen LogP contribution in [0, 0.1) is 5.92 Å². The second kappa shape index (κ2) is 5.67. The Labute approximate surface area is 159 Å². The molecule has 2 fully saturated rings. The number of hydrogen-bond donors (Lipinski definition) is 1. The molecule has 3 aliphatic rings. The molecule has 0 bridgehead atoms. The molecule has 2 unspecified atom stereocenters. The molecule has 3 aromatic rings. The van der Waals surface area contributed by atoms with Gasteiger partial charge >= 0.3 is 0 Å². The van der Waals surface area contributed by atoms with Gasteiger partial charge in [-0.1, -0.05) is 42.5 Å². The van der Waals surface area contributed by atoms with E-state index in [2.05, 4.69) is 73.5 Å². The molecule has 1 N–H and O–H groups in total. The summed E-state index contributed by atoms with van der Waals surface area (Å²) in [6, 6.07) is 19.6. The number of nitrogens with one attached hydrogen (secondary N) is 1. The smallest absolute Gasteiger partial charge is 0.164 e. The molecule has 5 heteroatoms. The summed E-state index contributed by atoms with van der Waals surface area (Å²) in [4.78, 5) is 2.41. The van der Waals surface area contributed by atoms with E-state index in [0.29, 0.717) is 5.41 Å². The molecule has 0 radical (unpaired) electrons. The second-order valence-electron chi connectivity index (χ2n) is 8.11. The van der Waals surface area contributed by atoms with Crippen molar-refractivity contribution in [1.29, 1.82) is 0 Å². The van der Waals surface area contributed by atoms with Crippen molar-refractivity contribution < 1.29 is 0 Å². The summed E-state index contributed by atoms with van der Waals surface area (Å²) in [7, 11) is 0. The van der Waals surface area contributed by atoms with Crippen LogP contribution in [-0.2, 0) is 18.5 Å². The number of anilines is 1. The van der Waals surface area contributed by atoms with Crippen LogP contribution in [0.1, 0.15) is 17.8 Å². The van der Waals surface area contributed by atoms with Crippen LogP contribution in [0.3, 0.4) is 0 Å². The minimum absolute atomic E-state index is 0.436. The largest absolute Gasteiger partial charge is 0.362 e. The first-order chi connectivity index (χ1) is 13.3. The maximum absolute atomic E-state index is 4.47. The Kier molecular flexibility index (Phi) is 3.23. The van der Waals surface area contributed by atoms with Gasteiger partial charge in [-0.25, -0.2) is 0 Å². The highest BCUT2D eigenvalue weighted by atomic mass is 15.3. The molecule has 6 rings (SSSR count). The number of benzene rings is 2. The highest BCUT2D eigenvalue weighted by molar-refractivity contribution is 5.56. The average molecular weight is 357 g/mol. The number of piperidine rings is 1. The van der Waals surface area contributed by atoms with Gasteiger partial charge in [0.2, 0.25) is 0 Å². The van der Waals surface area contributed by atoms with Gasteiger partial charge in [0.25, 0.3) is 0 Å². The maximum atomic E-state index is 4.47. The highest BCUT2D eigenvalue weighted by Gasteiger charge is 2.57. The first kappa shape index (κ1) is 15.4. The van der Waals surface area contributed by atoms with Crippen LogP contribution < -0.4 is 10.2 Å². The van der Waals surface area contributed by atoms with E-state index in [1.165, 1.54) is 24.2 Å². The minimum Gasteiger partial charge on any atom is -0.362 e. The normalized spacial score (nSPS) is 25.9. The molecule has 1 saturated heterocycles. The molecule has 2 atom stereocenters. The van der Waals surface area contributed by atoms with E-state index in [-0.39, 0.29) is 0 Å². The van der Waals surface area contributed by atoms with Crippen LogP contribution in [0.4, 0.5) is 5.69 Å². The predicted octanol–water partition coefficient (Wildman–Crippen LogP) is 2.83. The predicted molar refractivity (Wildman–Crippen MR) is 106 cm³/mol. The third-order valence-corrected chi connectivity index (χ3v) is 6.66. The number of fused-ring (bicyclic) bond motifs is 2. The zero-order chi connectivity index (χ0) is 17.8. The van der Waals surface area contributed by atoms with Crippen LogP contribution in [-0.4, -0.2) is 34.4 Å². The molecule has 2 aromatic carbocycles. The van der Waals surface area contributed by atoms with E-state index < -0.39 is 0 Å². The zero-order valence-electron chi connectivity index (χ0n) is 15.3. The van der Waals surface area contributed by atoms with E-state index in [1.807, 2.05) is 6.07 Å². The Morgan fingerprint density at radius 3 is 2.56 bits per heavy atom. The molecule has 1 aliphatic carbocycles. The number of aromatic nitrogens is 3. The number of hydrogen-bond acceptors (Lipinski definition) is 4. The van der Waals surface area contributed by atoms with Crippen LogP contribution in [0.5, 0.6) is 0 Å². The van der Waals surface area contributed by atoms with Gasteiger partial charge in [0, 0.05) is 36.3 Å². The molecular formula is C22H23N5. The van der Waals surface area contributed by atoms with Crippen molar-refractivity contribution in [2.24, 2.45) is 5.92 Å². The maximum Gasteiger partial charge on any atom is 0.164 e. The monoisotopic (exact) mass is 357 g/mol. The van der Waals surface area contributed by atoms with Crippen LogP contribution in [0.15, 0.2) is 54.6 Å². The number of rotatable bonds is 3. The summed E-state index contributed by atoms with van der Waals surface area (Å²) in [5.41, 5.74) is 4.37. The summed E-state index contributed by atoms with van der Waals surface area (Å²) >= 11 is 0. The molecule has 1 saturated carbocycles. The molecule has 136 valence electrons. The van der Waals surface area contributed by atoms with Gasteiger partial charge in [0.1, 0.15) is 0 Å². The fourth-order valence-electron chi connectivity index (χ4n) is 4.97. The first-order valence-corrected chi connectivity index (χ1v) is 9.87. The van der Waals surface area contributed by atoms with Crippen molar-refractivity contribution in [2.45, 2.75) is 24.9 Å². The van der Waals surface area contributed by atoms with Crippen LogP contribution >= 0.6 is 0 Å². The van der Waals surface area contributed by atoms with Gasteiger partial charge in [-0.2, -0.15) is 0 Å². The first-order valence-electron chi connectivity index (χ1n) is 9.87. The topological polar surface area (TPSA) is 46.0 Å². The third-order valence-electron chi connectivity index (χ3n) is 6.66. The van der Waals surface area contributed by atoms with E-state index in [4.69, 9.17) is 0 Å². The van der Waals surface area contributed by atoms with E-state index in [1.54, 1.807) is 0 Å². The Morgan fingerprint density at radius 1 is 0.963 bits per heavy atom. The molecule has 0 amide bonds. The van der Waals surface area contributed by atoms with E-state index in [9.17, 15) is 0 Å². The van der Waals surface area contributed by atoms with E-state index >= 15 is 0 Å². The van der Waals surface area contributed by atoms with Gasteiger partial charge in [0.05, 0.1) is 6.54 Å². The summed E-state index contributed by atoms with van der Waals surface area (Å²) in [6.45, 7) is 5.05. The lowest BCUT2D eigenvalue weighted by Crippen LogP contribution is -2.34. The Bertz CT molecular complexity index is 978. The standard InChI is InChI=1S/C22H23N5/c1-2-4-16(5-3-1)21-25-24-20-14-26(10-11-27(20)21)19-8-6-17(7-9-19)22-12-18(22)13-23-15-22/h1-9,18,23H,10-15H2. The van der Waals surface area contributed by atoms with Gasteiger partial charge in [-0.05, 0) is 36.6 Å². The fraction of sp³-hybridized carbons (Fsp3) is 0.364. The minimum atomic E-state index is 0.436. The van der Waals surface area contributed by atoms with Crippen molar-refractivity contribution >= 4 is 5.69 Å². The lowest BCUT2D eigenvalue weighted by atomic mass is 9.95. The molecule has 2 aliphatic heterocycles. The zero-order valence-corrected chi connectivity index (χ0v) is 15.3. The Balaban J connectivity index is 1.24. The van der Waals surface area contributed by atoms with E-state index in [0.717, 1.165) is 49.3 Å². The quantitative estimate of drug-likeness (QED) is 0.783. The third kappa shape index (κ3) is 2.34. The average Bonchev–Trinajstić information content (AvgIpc) is 3.09. The van der Waals surface area contributed by atoms with Crippen molar-refractivity contribution in [3.8, 4) is 11.4 Å². The van der Waals surface area contributed by atoms with Crippen molar-refractivity contribution in [2.75, 3.05) is 24.5 Å². The summed E-state index contributed by atoms with van der Waals surface area (Å²) in [5, 5.41) is 12.5. The lowest BCUT2D eigenvalue weighted by molar-refractivity contribution is 0.563. The van der Waals surface area contributed by atoms with Crippen molar-refractivity contribution in [3.63, 3.8) is 0 Å². The van der Waals surface area contributed by atoms with Crippen molar-refractivity contribution in [1.82, 2.24) is 20.1 Å². The molecule has 27 heavy (non-hydrogen) atoms. The lowest BCUT2D eigenvalue weighted by Gasteiger charge is -2.30. The molecule has 3 heterocycles. The van der Waals surface area contributed by atoms with Crippen molar-refractivity contribution in [3.05, 3.63) is 66.0 Å². The molecule has 5 nitrogen and oxygen atoms in total. The second-order valence-corrected chi connectivity index (χ2v) is 8.11. The fourth-order valence-corrected chi connectivity index (χ4v) is 4.97. The van der Waals surface area contributed by atoms with Gasteiger partial charge in [-0.3, -0.25) is 0 Å². The van der Waals surface area contributed by atoms with Gasteiger partial charge in [0.15, 0.2) is 11.6 Å². The van der Waals surface area contributed by atoms with Gasteiger partial charge in [-0.15, -0.1) is 10.2 Å². The Hall–Kier alpha value is -2.66. The Morgan fingerprint density at radius 2 is 1.81 bits per heavy atom. The van der Waals surface area contributed by atoms with Crippen LogP contribution in [0.2, 0.25) is 0 Å². The summed E-state index contributed by atoms with van der Waals surface area (Å²) < 4.78 is 2.26. The molecular weight excluding hydrogens is 334 g/mol. The van der Waals surface area contributed by atoms with Gasteiger partial charge < -0.3 is 14.8 Å². The number of nitrogens with zero attached hydrogens (tertiary/aromatic N) is 4. The summed E-state index contributed by atoms with van der Waals surface area (Å²) in [6.07, 6.45) is 1.36. The molecule has 0 spiro atoms. The molecule has 1 aromatic heterocycles. The highest BCUT2D eigenvalue weighted by Crippen LogP contribution is 2.56. The summed E-state index contributed by atoms with van der Waals surface area (Å²) in [5.74, 6) is 2.88. The SMILES string of the molecule is c1ccc(-c2nnc3n2CCN(c2ccc(C45CNCC4C5)cc2)C3)cc1. The van der Waals surface area contributed by atoms with Crippen LogP contribution in [0.25, 0.3) is 11.4 Å².